The number of benzene rings is 2. The highest BCUT2D eigenvalue weighted by atomic mass is 19.1. The average Bonchev–Trinajstić information content (AvgIpc) is 2.87. The Morgan fingerprint density at radius 1 is 1.08 bits per heavy atom. The molecule has 1 amide bonds. The van der Waals surface area contributed by atoms with Gasteiger partial charge in [0.05, 0.1) is 12.1 Å². The summed E-state index contributed by atoms with van der Waals surface area (Å²) in [6.45, 7) is 3.55. The summed E-state index contributed by atoms with van der Waals surface area (Å²) >= 11 is 0. The largest absolute Gasteiger partial charge is 0.423 e. The van der Waals surface area contributed by atoms with Gasteiger partial charge in [0.25, 0.3) is 5.91 Å². The van der Waals surface area contributed by atoms with E-state index >= 15 is 0 Å². The van der Waals surface area contributed by atoms with Crippen LogP contribution in [0.25, 0.3) is 5.57 Å². The van der Waals surface area contributed by atoms with Gasteiger partial charge < -0.3 is 10.1 Å². The topological polar surface area (TPSA) is 55.4 Å². The van der Waals surface area contributed by atoms with Gasteiger partial charge in [-0.3, -0.25) is 4.79 Å². The Labute approximate surface area is 142 Å². The Kier molecular flexibility index (Phi) is 4.43. The lowest BCUT2D eigenvalue weighted by Crippen LogP contribution is -2.27. The standard InChI is InChI=1S/C19H13F2NO3/c1-11-17(12-5-7-14(20)8-6-12)16(19(24)25-11)10-22-18(23)13-3-2-4-15(21)9-13/h2-9H,1,10H2,(H,22,23). The molecule has 1 aliphatic rings. The van der Waals surface area contributed by atoms with Gasteiger partial charge >= 0.3 is 5.97 Å². The molecule has 0 radical (unpaired) electrons. The third-order valence-electron chi connectivity index (χ3n) is 3.69. The molecular weight excluding hydrogens is 328 g/mol. The van der Waals surface area contributed by atoms with E-state index in [0.717, 1.165) is 6.07 Å². The van der Waals surface area contributed by atoms with Crippen LogP contribution in [-0.2, 0) is 9.53 Å². The zero-order chi connectivity index (χ0) is 18.0. The number of ether oxygens (including phenoxy) is 1. The molecule has 0 fully saturated rings. The maximum atomic E-state index is 13.2. The average molecular weight is 341 g/mol. The van der Waals surface area contributed by atoms with E-state index in [0.29, 0.717) is 11.1 Å². The van der Waals surface area contributed by atoms with Crippen LogP contribution < -0.4 is 5.32 Å². The van der Waals surface area contributed by atoms with Crippen molar-refractivity contribution in [1.82, 2.24) is 5.32 Å². The third-order valence-corrected chi connectivity index (χ3v) is 3.69. The molecule has 0 bridgehead atoms. The maximum absolute atomic E-state index is 13.2. The number of carbonyl (C=O) groups excluding carboxylic acids is 2. The van der Waals surface area contributed by atoms with Crippen LogP contribution in [0.4, 0.5) is 8.78 Å². The number of hydrogen-bond donors (Lipinski definition) is 1. The van der Waals surface area contributed by atoms with Crippen molar-refractivity contribution in [2.24, 2.45) is 0 Å². The van der Waals surface area contributed by atoms with Crippen LogP contribution in [0, 0.1) is 11.6 Å². The smallest absolute Gasteiger partial charge is 0.341 e. The van der Waals surface area contributed by atoms with E-state index in [9.17, 15) is 18.4 Å². The molecular formula is C19H13F2NO3. The molecule has 3 rings (SSSR count). The predicted molar refractivity (Wildman–Crippen MR) is 87.3 cm³/mol. The van der Waals surface area contributed by atoms with E-state index in [1.54, 1.807) is 0 Å². The minimum atomic E-state index is -0.635. The van der Waals surface area contributed by atoms with Crippen LogP contribution in [0.3, 0.4) is 0 Å². The molecule has 0 aliphatic carbocycles. The summed E-state index contributed by atoms with van der Waals surface area (Å²) in [6, 6.07) is 10.7. The molecule has 0 unspecified atom stereocenters. The Morgan fingerprint density at radius 2 is 1.80 bits per heavy atom. The molecule has 126 valence electrons. The number of halogens is 2. The van der Waals surface area contributed by atoms with Crippen molar-refractivity contribution < 1.29 is 23.1 Å². The Hall–Kier alpha value is -3.28. The molecule has 2 aromatic rings. The summed E-state index contributed by atoms with van der Waals surface area (Å²) in [5, 5.41) is 2.55. The zero-order valence-corrected chi connectivity index (χ0v) is 13.0. The van der Waals surface area contributed by atoms with E-state index in [-0.39, 0.29) is 23.4 Å². The number of carbonyl (C=O) groups is 2. The zero-order valence-electron chi connectivity index (χ0n) is 13.0. The lowest BCUT2D eigenvalue weighted by molar-refractivity contribution is -0.133. The second-order valence-corrected chi connectivity index (χ2v) is 5.37. The van der Waals surface area contributed by atoms with Crippen LogP contribution in [0.2, 0.25) is 0 Å². The van der Waals surface area contributed by atoms with Gasteiger partial charge in [-0.1, -0.05) is 24.8 Å². The minimum Gasteiger partial charge on any atom is -0.423 e. The summed E-state index contributed by atoms with van der Waals surface area (Å²) in [7, 11) is 0. The second kappa shape index (κ2) is 6.68. The Balaban J connectivity index is 1.85. The summed E-state index contributed by atoms with van der Waals surface area (Å²) < 4.78 is 31.3. The van der Waals surface area contributed by atoms with Crippen molar-refractivity contribution in [1.29, 1.82) is 0 Å². The number of hydrogen-bond acceptors (Lipinski definition) is 3. The monoisotopic (exact) mass is 341 g/mol. The lowest BCUT2D eigenvalue weighted by Gasteiger charge is -2.07. The molecule has 0 saturated heterocycles. The van der Waals surface area contributed by atoms with E-state index in [2.05, 4.69) is 11.9 Å². The third kappa shape index (κ3) is 3.47. The van der Waals surface area contributed by atoms with E-state index < -0.39 is 23.5 Å². The van der Waals surface area contributed by atoms with Crippen LogP contribution in [0.15, 0.2) is 66.4 Å². The van der Waals surface area contributed by atoms with Crippen LogP contribution in [0.1, 0.15) is 15.9 Å². The van der Waals surface area contributed by atoms with Gasteiger partial charge in [0, 0.05) is 11.1 Å². The molecule has 2 aromatic carbocycles. The van der Waals surface area contributed by atoms with E-state index in [1.807, 2.05) is 0 Å². The van der Waals surface area contributed by atoms with Gasteiger partial charge in [0.2, 0.25) is 0 Å². The van der Waals surface area contributed by atoms with Crippen LogP contribution in [-0.4, -0.2) is 18.4 Å². The van der Waals surface area contributed by atoms with Gasteiger partial charge in [-0.05, 0) is 35.9 Å². The number of allylic oxidation sites excluding steroid dienone is 1. The van der Waals surface area contributed by atoms with Crippen molar-refractivity contribution in [3.05, 3.63) is 89.2 Å². The molecule has 1 N–H and O–H groups in total. The molecule has 0 saturated carbocycles. The quantitative estimate of drug-likeness (QED) is 0.869. The summed E-state index contributed by atoms with van der Waals surface area (Å²) in [5.74, 6) is -1.99. The SMILES string of the molecule is C=C1OC(=O)C(CNC(=O)c2cccc(F)c2)=C1c1ccc(F)cc1. The highest BCUT2D eigenvalue weighted by Crippen LogP contribution is 2.33. The Bertz CT molecular complexity index is 901. The first-order valence-electron chi connectivity index (χ1n) is 7.40. The fourth-order valence-electron chi connectivity index (χ4n) is 2.51. The highest BCUT2D eigenvalue weighted by Gasteiger charge is 2.29. The van der Waals surface area contributed by atoms with Gasteiger partial charge in [0.15, 0.2) is 0 Å². The minimum absolute atomic E-state index is 0.125. The Morgan fingerprint density at radius 3 is 2.48 bits per heavy atom. The van der Waals surface area contributed by atoms with Crippen molar-refractivity contribution in [3.8, 4) is 0 Å². The van der Waals surface area contributed by atoms with Crippen molar-refractivity contribution in [3.63, 3.8) is 0 Å². The summed E-state index contributed by atoms with van der Waals surface area (Å²) in [5.41, 5.74) is 1.28. The maximum Gasteiger partial charge on any atom is 0.341 e. The lowest BCUT2D eigenvalue weighted by atomic mass is 10.00. The van der Waals surface area contributed by atoms with Gasteiger partial charge in [0.1, 0.15) is 17.4 Å². The molecule has 6 heteroatoms. The van der Waals surface area contributed by atoms with Crippen molar-refractivity contribution >= 4 is 17.4 Å². The fourth-order valence-corrected chi connectivity index (χ4v) is 2.51. The first-order valence-corrected chi connectivity index (χ1v) is 7.40. The molecule has 0 aromatic heterocycles. The van der Waals surface area contributed by atoms with Crippen LogP contribution >= 0.6 is 0 Å². The molecule has 1 heterocycles. The molecule has 0 atom stereocenters. The fraction of sp³-hybridized carbons (Fsp3) is 0.0526. The molecule has 1 aliphatic heterocycles. The van der Waals surface area contributed by atoms with Gasteiger partial charge in [-0.15, -0.1) is 0 Å². The van der Waals surface area contributed by atoms with E-state index in [4.69, 9.17) is 4.74 Å². The first kappa shape index (κ1) is 16.6. The molecule has 0 spiro atoms. The van der Waals surface area contributed by atoms with Crippen molar-refractivity contribution in [2.45, 2.75) is 0 Å². The number of esters is 1. The summed E-state index contributed by atoms with van der Waals surface area (Å²) in [4.78, 5) is 24.1. The van der Waals surface area contributed by atoms with Gasteiger partial charge in [-0.2, -0.15) is 0 Å². The predicted octanol–water partition coefficient (Wildman–Crippen LogP) is 3.22. The van der Waals surface area contributed by atoms with Crippen molar-refractivity contribution in [2.75, 3.05) is 6.54 Å². The number of nitrogens with one attached hydrogen (secondary N) is 1. The van der Waals surface area contributed by atoms with Gasteiger partial charge in [-0.25, -0.2) is 13.6 Å². The number of rotatable bonds is 4. The highest BCUT2D eigenvalue weighted by molar-refractivity contribution is 6.07. The van der Waals surface area contributed by atoms with E-state index in [1.165, 1.54) is 42.5 Å². The number of cyclic esters (lactones) is 1. The summed E-state index contributed by atoms with van der Waals surface area (Å²) in [6.07, 6.45) is 0. The normalized spacial score (nSPS) is 13.8. The number of amides is 1. The first-order chi connectivity index (χ1) is 12.0. The second-order valence-electron chi connectivity index (χ2n) is 5.37. The molecule has 4 nitrogen and oxygen atoms in total. The van der Waals surface area contributed by atoms with Crippen LogP contribution in [0.5, 0.6) is 0 Å². The molecule has 25 heavy (non-hydrogen) atoms.